The third-order valence-corrected chi connectivity index (χ3v) is 3.97. The highest BCUT2D eigenvalue weighted by atomic mass is 35.5. The van der Waals surface area contributed by atoms with Crippen molar-refractivity contribution < 1.29 is 9.53 Å². The SMILES string of the molecule is COc1c(Cl)cc(C(=O)NC2CCCCC2)cc1Cl. The van der Waals surface area contributed by atoms with E-state index < -0.39 is 0 Å². The van der Waals surface area contributed by atoms with Gasteiger partial charge in [-0.15, -0.1) is 0 Å². The Kier molecular flexibility index (Phi) is 4.94. The van der Waals surface area contributed by atoms with E-state index in [0.29, 0.717) is 21.4 Å². The van der Waals surface area contributed by atoms with Crippen molar-refractivity contribution in [2.75, 3.05) is 7.11 Å². The van der Waals surface area contributed by atoms with Gasteiger partial charge in [0.05, 0.1) is 17.2 Å². The van der Waals surface area contributed by atoms with E-state index in [9.17, 15) is 4.79 Å². The molecule has 0 radical (unpaired) electrons. The number of amides is 1. The van der Waals surface area contributed by atoms with Crippen molar-refractivity contribution in [3.63, 3.8) is 0 Å². The van der Waals surface area contributed by atoms with E-state index in [0.717, 1.165) is 12.8 Å². The number of hydrogen-bond donors (Lipinski definition) is 1. The lowest BCUT2D eigenvalue weighted by molar-refractivity contribution is 0.0927. The predicted molar refractivity (Wildman–Crippen MR) is 77.4 cm³/mol. The number of nitrogens with one attached hydrogen (secondary N) is 1. The molecule has 1 saturated carbocycles. The molecule has 19 heavy (non-hydrogen) atoms. The second-order valence-electron chi connectivity index (χ2n) is 4.78. The van der Waals surface area contributed by atoms with Crippen LogP contribution in [0.15, 0.2) is 12.1 Å². The van der Waals surface area contributed by atoms with Gasteiger partial charge in [0.2, 0.25) is 0 Å². The smallest absolute Gasteiger partial charge is 0.251 e. The zero-order chi connectivity index (χ0) is 13.8. The molecular formula is C14H17Cl2NO2. The molecule has 1 amide bonds. The first kappa shape index (κ1) is 14.5. The molecule has 0 atom stereocenters. The summed E-state index contributed by atoms with van der Waals surface area (Å²) in [7, 11) is 1.49. The Morgan fingerprint density at radius 2 is 1.79 bits per heavy atom. The monoisotopic (exact) mass is 301 g/mol. The van der Waals surface area contributed by atoms with Gasteiger partial charge in [0.25, 0.3) is 5.91 Å². The summed E-state index contributed by atoms with van der Waals surface area (Å²) in [5.41, 5.74) is 0.473. The Balaban J connectivity index is 2.10. The molecule has 1 N–H and O–H groups in total. The molecule has 5 heteroatoms. The zero-order valence-corrected chi connectivity index (χ0v) is 12.4. The molecule has 1 fully saturated rings. The van der Waals surface area contributed by atoms with Crippen molar-refractivity contribution in [2.24, 2.45) is 0 Å². The van der Waals surface area contributed by atoms with Crippen LogP contribution in [0.4, 0.5) is 0 Å². The van der Waals surface area contributed by atoms with E-state index >= 15 is 0 Å². The van der Waals surface area contributed by atoms with Gasteiger partial charge in [0.1, 0.15) is 0 Å². The van der Waals surface area contributed by atoms with E-state index in [1.54, 1.807) is 12.1 Å². The average molecular weight is 302 g/mol. The number of carbonyl (C=O) groups is 1. The molecule has 104 valence electrons. The van der Waals surface area contributed by atoms with Crippen molar-refractivity contribution in [2.45, 2.75) is 38.1 Å². The second-order valence-corrected chi connectivity index (χ2v) is 5.60. The molecule has 0 aromatic heterocycles. The van der Waals surface area contributed by atoms with Crippen molar-refractivity contribution in [3.05, 3.63) is 27.7 Å². The first-order valence-corrected chi connectivity index (χ1v) is 7.21. The summed E-state index contributed by atoms with van der Waals surface area (Å²) in [6.07, 6.45) is 5.70. The topological polar surface area (TPSA) is 38.3 Å². The minimum atomic E-state index is -0.127. The average Bonchev–Trinajstić information content (AvgIpc) is 2.39. The van der Waals surface area contributed by atoms with Gasteiger partial charge in [-0.05, 0) is 25.0 Å². The molecule has 1 aromatic carbocycles. The molecule has 1 aromatic rings. The second kappa shape index (κ2) is 6.49. The van der Waals surface area contributed by atoms with Crippen LogP contribution in [0.3, 0.4) is 0 Å². The van der Waals surface area contributed by atoms with Gasteiger partial charge < -0.3 is 10.1 Å². The maximum atomic E-state index is 12.1. The summed E-state index contributed by atoms with van der Waals surface area (Å²) in [6, 6.07) is 3.44. The van der Waals surface area contributed by atoms with Crippen LogP contribution in [-0.2, 0) is 0 Å². The Morgan fingerprint density at radius 3 is 2.32 bits per heavy atom. The van der Waals surface area contributed by atoms with Crippen molar-refractivity contribution in [3.8, 4) is 5.75 Å². The highest BCUT2D eigenvalue weighted by Crippen LogP contribution is 2.33. The molecular weight excluding hydrogens is 285 g/mol. The van der Waals surface area contributed by atoms with Crippen LogP contribution in [0, 0.1) is 0 Å². The Hall–Kier alpha value is -0.930. The lowest BCUT2D eigenvalue weighted by Gasteiger charge is -2.23. The number of rotatable bonds is 3. The molecule has 1 aliphatic rings. The van der Waals surface area contributed by atoms with Crippen LogP contribution < -0.4 is 10.1 Å². The largest absolute Gasteiger partial charge is 0.494 e. The molecule has 3 nitrogen and oxygen atoms in total. The van der Waals surface area contributed by atoms with Crippen molar-refractivity contribution in [1.82, 2.24) is 5.32 Å². The Labute approximate surface area is 123 Å². The number of benzene rings is 1. The van der Waals surface area contributed by atoms with E-state index in [-0.39, 0.29) is 11.9 Å². The molecule has 0 saturated heterocycles. The third-order valence-electron chi connectivity index (χ3n) is 3.40. The molecule has 0 bridgehead atoms. The van der Waals surface area contributed by atoms with Crippen LogP contribution in [-0.4, -0.2) is 19.1 Å². The van der Waals surface area contributed by atoms with Gasteiger partial charge in [-0.2, -0.15) is 0 Å². The fourth-order valence-corrected chi connectivity index (χ4v) is 3.04. The normalized spacial score (nSPS) is 16.2. The van der Waals surface area contributed by atoms with Crippen LogP contribution in [0.5, 0.6) is 5.75 Å². The van der Waals surface area contributed by atoms with Gasteiger partial charge in [-0.1, -0.05) is 42.5 Å². The van der Waals surface area contributed by atoms with Crippen molar-refractivity contribution in [1.29, 1.82) is 0 Å². The lowest BCUT2D eigenvalue weighted by Crippen LogP contribution is -2.36. The summed E-state index contributed by atoms with van der Waals surface area (Å²) in [4.78, 5) is 12.1. The molecule has 0 aliphatic heterocycles. The van der Waals surface area contributed by atoms with E-state index in [2.05, 4.69) is 5.32 Å². The number of methoxy groups -OCH3 is 1. The van der Waals surface area contributed by atoms with Gasteiger partial charge in [-0.25, -0.2) is 0 Å². The minimum absolute atomic E-state index is 0.127. The zero-order valence-electron chi connectivity index (χ0n) is 10.8. The fourth-order valence-electron chi connectivity index (χ4n) is 2.40. The van der Waals surface area contributed by atoms with Gasteiger partial charge in [0, 0.05) is 11.6 Å². The van der Waals surface area contributed by atoms with E-state index in [4.69, 9.17) is 27.9 Å². The Morgan fingerprint density at radius 1 is 1.21 bits per heavy atom. The summed E-state index contributed by atoms with van der Waals surface area (Å²) < 4.78 is 5.06. The maximum absolute atomic E-state index is 12.1. The van der Waals surface area contributed by atoms with Crippen LogP contribution in [0.25, 0.3) is 0 Å². The Bertz CT molecular complexity index is 448. The molecule has 2 rings (SSSR count). The standard InChI is InChI=1S/C14H17Cl2NO2/c1-19-13-11(15)7-9(8-12(13)16)14(18)17-10-5-3-2-4-6-10/h7-8,10H,2-6H2,1H3,(H,17,18). The van der Waals surface area contributed by atoms with Gasteiger partial charge in [0.15, 0.2) is 5.75 Å². The highest BCUT2D eigenvalue weighted by Gasteiger charge is 2.18. The number of hydrogen-bond acceptors (Lipinski definition) is 2. The van der Waals surface area contributed by atoms with Gasteiger partial charge >= 0.3 is 0 Å². The summed E-state index contributed by atoms with van der Waals surface area (Å²) in [5.74, 6) is 0.274. The van der Waals surface area contributed by atoms with Crippen LogP contribution in [0.1, 0.15) is 42.5 Å². The van der Waals surface area contributed by atoms with E-state index in [1.807, 2.05) is 0 Å². The number of halogens is 2. The van der Waals surface area contributed by atoms with Gasteiger partial charge in [-0.3, -0.25) is 4.79 Å². The predicted octanol–water partition coefficient (Wildman–Crippen LogP) is 4.06. The number of carbonyl (C=O) groups excluding carboxylic acids is 1. The first-order chi connectivity index (χ1) is 9.11. The molecule has 1 aliphatic carbocycles. The first-order valence-electron chi connectivity index (χ1n) is 6.45. The quantitative estimate of drug-likeness (QED) is 0.914. The summed E-state index contributed by atoms with van der Waals surface area (Å²) in [6.45, 7) is 0. The van der Waals surface area contributed by atoms with Crippen molar-refractivity contribution >= 4 is 29.1 Å². The summed E-state index contributed by atoms with van der Waals surface area (Å²) in [5, 5.41) is 3.73. The molecule has 0 unspecified atom stereocenters. The lowest BCUT2D eigenvalue weighted by atomic mass is 9.95. The molecule has 0 spiro atoms. The van der Waals surface area contributed by atoms with E-state index in [1.165, 1.54) is 26.4 Å². The highest BCUT2D eigenvalue weighted by molar-refractivity contribution is 6.37. The minimum Gasteiger partial charge on any atom is -0.494 e. The summed E-state index contributed by atoms with van der Waals surface area (Å²) >= 11 is 12.1. The maximum Gasteiger partial charge on any atom is 0.251 e. The molecule has 0 heterocycles. The van der Waals surface area contributed by atoms with Crippen LogP contribution in [0.2, 0.25) is 10.0 Å². The fraction of sp³-hybridized carbons (Fsp3) is 0.500. The number of ether oxygens (including phenoxy) is 1. The third kappa shape index (κ3) is 3.54. The van der Waals surface area contributed by atoms with Crippen LogP contribution >= 0.6 is 23.2 Å².